The summed E-state index contributed by atoms with van der Waals surface area (Å²) in [6.07, 6.45) is 5.23. The predicted octanol–water partition coefficient (Wildman–Crippen LogP) is 11.7. The number of anilines is 3. The van der Waals surface area contributed by atoms with Crippen molar-refractivity contribution in [1.29, 1.82) is 0 Å². The van der Waals surface area contributed by atoms with Crippen LogP contribution in [0.15, 0.2) is 195 Å². The van der Waals surface area contributed by atoms with E-state index in [-0.39, 0.29) is 0 Å². The fraction of sp³-hybridized carbons (Fsp3) is 0. The zero-order valence-electron chi connectivity index (χ0n) is 28.7. The van der Waals surface area contributed by atoms with Gasteiger partial charge in [-0.15, -0.1) is 0 Å². The van der Waals surface area contributed by atoms with Crippen molar-refractivity contribution in [3.63, 3.8) is 0 Å². The van der Waals surface area contributed by atoms with Crippen LogP contribution in [-0.4, -0.2) is 24.1 Å². The van der Waals surface area contributed by atoms with E-state index in [1.807, 2.05) is 0 Å². The Morgan fingerprint density at radius 3 is 1.66 bits per heavy atom. The zero-order chi connectivity index (χ0) is 35.1. The van der Waals surface area contributed by atoms with Gasteiger partial charge in [-0.3, -0.25) is 0 Å². The number of nitrogens with zero attached hydrogens (tertiary/aromatic N) is 6. The highest BCUT2D eigenvalue weighted by Gasteiger charge is 2.19. The molecule has 0 unspecified atom stereocenters. The molecule has 0 bridgehead atoms. The molecule has 10 rings (SSSR count). The molecule has 3 heterocycles. The smallest absolute Gasteiger partial charge is 0.162 e. The maximum absolute atomic E-state index is 4.37. The largest absolute Gasteiger partial charge is 0.316 e. The predicted molar refractivity (Wildman–Crippen MR) is 217 cm³/mol. The van der Waals surface area contributed by atoms with Crippen LogP contribution >= 0.6 is 0 Å². The molecule has 6 nitrogen and oxygen atoms in total. The Bertz CT molecular complexity index is 2760. The summed E-state index contributed by atoms with van der Waals surface area (Å²) in [5.74, 6) is 0.646. The Labute approximate surface area is 306 Å². The number of para-hydroxylation sites is 2. The summed E-state index contributed by atoms with van der Waals surface area (Å²) in [5.41, 5.74) is 12.2. The monoisotopic (exact) mass is 680 g/mol. The average Bonchev–Trinajstić information content (AvgIpc) is 3.80. The van der Waals surface area contributed by atoms with E-state index in [0.717, 1.165) is 45.0 Å². The molecule has 0 aliphatic heterocycles. The van der Waals surface area contributed by atoms with Crippen molar-refractivity contribution < 1.29 is 0 Å². The fourth-order valence-corrected chi connectivity index (χ4v) is 7.47. The SMILES string of the molecule is c1ccc(-c2ccc(N(c3ccc(-c4ncncn4)cc3)c3ccc4c(c3)c3cc5ccn(-c6ccccc6)c5cc3n4-c3ccccc3)cc2)cc1. The standard InChI is InChI=1S/C47H32N6/c1-4-10-33(11-5-1)34-16-20-39(21-17-34)52(40-22-18-35(19-23-40)47-49-31-48-32-50-47)41-24-25-44-43(29-41)42-28-36-26-27-51(37-12-6-2-7-13-37)45(36)30-46(42)53(44)38-14-8-3-9-15-38/h1-32H. The van der Waals surface area contributed by atoms with E-state index in [4.69, 9.17) is 0 Å². The third-order valence-electron chi connectivity index (χ3n) is 9.98. The number of aromatic nitrogens is 5. The van der Waals surface area contributed by atoms with Gasteiger partial charge in [0.15, 0.2) is 5.82 Å². The lowest BCUT2D eigenvalue weighted by atomic mass is 10.0. The van der Waals surface area contributed by atoms with Gasteiger partial charge in [0.25, 0.3) is 0 Å². The van der Waals surface area contributed by atoms with E-state index >= 15 is 0 Å². The minimum absolute atomic E-state index is 0.646. The third-order valence-corrected chi connectivity index (χ3v) is 9.98. The van der Waals surface area contributed by atoms with Gasteiger partial charge in [0, 0.05) is 56.4 Å². The van der Waals surface area contributed by atoms with Crippen LogP contribution in [-0.2, 0) is 0 Å². The van der Waals surface area contributed by atoms with E-state index in [1.54, 1.807) is 0 Å². The van der Waals surface area contributed by atoms with Crippen LogP contribution in [0.2, 0.25) is 0 Å². The number of fused-ring (bicyclic) bond motifs is 4. The fourth-order valence-electron chi connectivity index (χ4n) is 7.47. The summed E-state index contributed by atoms with van der Waals surface area (Å²) in [6, 6.07) is 62.6. The van der Waals surface area contributed by atoms with E-state index in [1.165, 1.54) is 45.5 Å². The lowest BCUT2D eigenvalue weighted by Gasteiger charge is -2.26. The second kappa shape index (κ2) is 12.8. The molecule has 53 heavy (non-hydrogen) atoms. The molecule has 7 aromatic carbocycles. The van der Waals surface area contributed by atoms with E-state index in [9.17, 15) is 0 Å². The topological polar surface area (TPSA) is 51.8 Å². The summed E-state index contributed by atoms with van der Waals surface area (Å²) in [4.78, 5) is 15.1. The summed E-state index contributed by atoms with van der Waals surface area (Å²) < 4.78 is 4.66. The van der Waals surface area contributed by atoms with Gasteiger partial charge in [0.2, 0.25) is 0 Å². The van der Waals surface area contributed by atoms with Crippen LogP contribution in [0.5, 0.6) is 0 Å². The number of hydrogen-bond donors (Lipinski definition) is 0. The maximum atomic E-state index is 4.37. The van der Waals surface area contributed by atoms with Gasteiger partial charge >= 0.3 is 0 Å². The first kappa shape index (κ1) is 30.5. The summed E-state index contributed by atoms with van der Waals surface area (Å²) in [7, 11) is 0. The molecule has 3 aromatic heterocycles. The highest BCUT2D eigenvalue weighted by atomic mass is 15.1. The Hall–Kier alpha value is -7.31. The first-order valence-corrected chi connectivity index (χ1v) is 17.7. The van der Waals surface area contributed by atoms with Gasteiger partial charge in [0.1, 0.15) is 12.7 Å². The third kappa shape index (κ3) is 5.41. The van der Waals surface area contributed by atoms with Crippen LogP contribution in [0.4, 0.5) is 17.1 Å². The van der Waals surface area contributed by atoms with Gasteiger partial charge in [-0.05, 0) is 108 Å². The van der Waals surface area contributed by atoms with Crippen molar-refractivity contribution >= 4 is 49.8 Å². The summed E-state index contributed by atoms with van der Waals surface area (Å²) in [5, 5.41) is 3.58. The van der Waals surface area contributed by atoms with Crippen LogP contribution in [0.1, 0.15) is 0 Å². The second-order valence-corrected chi connectivity index (χ2v) is 13.1. The molecule has 0 amide bonds. The van der Waals surface area contributed by atoms with Gasteiger partial charge in [-0.25, -0.2) is 15.0 Å². The van der Waals surface area contributed by atoms with E-state index in [0.29, 0.717) is 5.82 Å². The lowest BCUT2D eigenvalue weighted by molar-refractivity contribution is 1.06. The quantitative estimate of drug-likeness (QED) is 0.168. The maximum Gasteiger partial charge on any atom is 0.162 e. The van der Waals surface area contributed by atoms with E-state index in [2.05, 4.69) is 211 Å². The molecule has 0 fully saturated rings. The van der Waals surface area contributed by atoms with Crippen LogP contribution in [0.3, 0.4) is 0 Å². The van der Waals surface area contributed by atoms with Crippen molar-refractivity contribution in [2.75, 3.05) is 4.90 Å². The van der Waals surface area contributed by atoms with Crippen molar-refractivity contribution in [2.24, 2.45) is 0 Å². The Balaban J connectivity index is 1.17. The van der Waals surface area contributed by atoms with Crippen molar-refractivity contribution in [3.05, 3.63) is 195 Å². The molecule has 0 aliphatic rings. The Morgan fingerprint density at radius 1 is 0.415 bits per heavy atom. The highest BCUT2D eigenvalue weighted by Crippen LogP contribution is 2.41. The molecule has 0 saturated carbocycles. The van der Waals surface area contributed by atoms with E-state index < -0.39 is 0 Å². The van der Waals surface area contributed by atoms with Gasteiger partial charge in [-0.1, -0.05) is 78.9 Å². The number of hydrogen-bond acceptors (Lipinski definition) is 4. The average molecular weight is 681 g/mol. The van der Waals surface area contributed by atoms with Gasteiger partial charge in [0.05, 0.1) is 16.6 Å². The van der Waals surface area contributed by atoms with Crippen LogP contribution in [0.25, 0.3) is 66.6 Å². The zero-order valence-corrected chi connectivity index (χ0v) is 28.7. The van der Waals surface area contributed by atoms with Crippen LogP contribution < -0.4 is 4.90 Å². The first-order chi connectivity index (χ1) is 26.3. The van der Waals surface area contributed by atoms with Crippen LogP contribution in [0, 0.1) is 0 Å². The molecule has 250 valence electrons. The molecule has 10 aromatic rings. The normalized spacial score (nSPS) is 11.4. The molecular weight excluding hydrogens is 649 g/mol. The molecular formula is C47H32N6. The van der Waals surface area contributed by atoms with Crippen molar-refractivity contribution in [2.45, 2.75) is 0 Å². The van der Waals surface area contributed by atoms with Crippen molar-refractivity contribution in [1.82, 2.24) is 24.1 Å². The molecule has 0 atom stereocenters. The lowest BCUT2D eigenvalue weighted by Crippen LogP contribution is -2.10. The van der Waals surface area contributed by atoms with Gasteiger partial charge in [-0.2, -0.15) is 0 Å². The van der Waals surface area contributed by atoms with Crippen molar-refractivity contribution in [3.8, 4) is 33.9 Å². The molecule has 0 N–H and O–H groups in total. The molecule has 0 spiro atoms. The number of benzene rings is 7. The molecule has 6 heteroatoms. The molecule has 0 radical (unpaired) electrons. The van der Waals surface area contributed by atoms with Gasteiger partial charge < -0.3 is 14.0 Å². The highest BCUT2D eigenvalue weighted by molar-refractivity contribution is 6.14. The second-order valence-electron chi connectivity index (χ2n) is 13.1. The Kier molecular flexibility index (Phi) is 7.36. The minimum atomic E-state index is 0.646. The number of rotatable bonds is 7. The Morgan fingerprint density at radius 2 is 0.981 bits per heavy atom. The first-order valence-electron chi connectivity index (χ1n) is 17.7. The molecule has 0 saturated heterocycles. The minimum Gasteiger partial charge on any atom is -0.316 e. The summed E-state index contributed by atoms with van der Waals surface area (Å²) in [6.45, 7) is 0. The summed E-state index contributed by atoms with van der Waals surface area (Å²) >= 11 is 0. The molecule has 0 aliphatic carbocycles.